The third-order valence-electron chi connectivity index (χ3n) is 1.44. The molecule has 0 aliphatic carbocycles. The number of ether oxygens (including phenoxy) is 1. The number of hydrogen-bond acceptors (Lipinski definition) is 4. The molecule has 0 radical (unpaired) electrons. The molecule has 92 valence electrons. The van der Waals surface area contributed by atoms with Gasteiger partial charge in [0.2, 0.25) is 11.8 Å². The van der Waals surface area contributed by atoms with E-state index in [2.05, 4.69) is 5.32 Å². The van der Waals surface area contributed by atoms with Crippen molar-refractivity contribution in [1.29, 1.82) is 0 Å². The second-order valence-corrected chi connectivity index (χ2v) is 4.27. The molecule has 0 aromatic carbocycles. The second kappa shape index (κ2) is 5.34. The molecular formula is C9H17N3O4. The average Bonchev–Trinajstić information content (AvgIpc) is 1.97. The van der Waals surface area contributed by atoms with E-state index < -0.39 is 29.6 Å². The second-order valence-electron chi connectivity index (χ2n) is 4.27. The van der Waals surface area contributed by atoms with E-state index in [-0.39, 0.29) is 6.42 Å². The van der Waals surface area contributed by atoms with Crippen LogP contribution in [0.5, 0.6) is 0 Å². The minimum absolute atomic E-state index is 0.353. The average molecular weight is 231 g/mol. The van der Waals surface area contributed by atoms with Crippen molar-refractivity contribution in [3.05, 3.63) is 0 Å². The molecule has 0 spiro atoms. The molecule has 0 rings (SSSR count). The monoisotopic (exact) mass is 231 g/mol. The lowest BCUT2D eigenvalue weighted by Crippen LogP contribution is -2.48. The van der Waals surface area contributed by atoms with Gasteiger partial charge >= 0.3 is 6.09 Å². The Morgan fingerprint density at radius 1 is 1.25 bits per heavy atom. The highest BCUT2D eigenvalue weighted by molar-refractivity contribution is 5.89. The molecule has 0 saturated carbocycles. The van der Waals surface area contributed by atoms with E-state index in [0.717, 1.165) is 0 Å². The third kappa shape index (κ3) is 6.63. The molecular weight excluding hydrogens is 214 g/mol. The minimum atomic E-state index is -1.15. The van der Waals surface area contributed by atoms with Crippen molar-refractivity contribution in [2.45, 2.75) is 38.8 Å². The van der Waals surface area contributed by atoms with Gasteiger partial charge in [-0.1, -0.05) is 0 Å². The predicted molar refractivity (Wildman–Crippen MR) is 56.2 cm³/mol. The van der Waals surface area contributed by atoms with Crippen LogP contribution < -0.4 is 16.8 Å². The first-order chi connectivity index (χ1) is 7.11. The Kier molecular flexibility index (Phi) is 4.74. The summed E-state index contributed by atoms with van der Waals surface area (Å²) in [6, 6.07) is -1.15. The van der Waals surface area contributed by atoms with Gasteiger partial charge in [-0.15, -0.1) is 0 Å². The van der Waals surface area contributed by atoms with E-state index in [1.165, 1.54) is 0 Å². The van der Waals surface area contributed by atoms with Crippen LogP contribution in [0.4, 0.5) is 4.79 Å². The highest BCUT2D eigenvalue weighted by atomic mass is 16.6. The van der Waals surface area contributed by atoms with Gasteiger partial charge in [-0.2, -0.15) is 0 Å². The molecule has 0 aromatic rings. The molecule has 3 amide bonds. The summed E-state index contributed by atoms with van der Waals surface area (Å²) in [7, 11) is 0. The van der Waals surface area contributed by atoms with Crippen LogP contribution in [-0.2, 0) is 14.3 Å². The quantitative estimate of drug-likeness (QED) is 0.588. The van der Waals surface area contributed by atoms with Crippen LogP contribution in [-0.4, -0.2) is 29.6 Å². The maximum atomic E-state index is 11.3. The van der Waals surface area contributed by atoms with Crippen LogP contribution >= 0.6 is 0 Å². The van der Waals surface area contributed by atoms with E-state index in [0.29, 0.717) is 0 Å². The number of amides is 3. The van der Waals surface area contributed by atoms with Crippen molar-refractivity contribution in [1.82, 2.24) is 5.32 Å². The summed E-state index contributed by atoms with van der Waals surface area (Å²) in [6.07, 6.45) is -1.17. The van der Waals surface area contributed by atoms with Crippen LogP contribution in [0.1, 0.15) is 27.2 Å². The van der Waals surface area contributed by atoms with Crippen molar-refractivity contribution in [2.75, 3.05) is 0 Å². The maximum Gasteiger partial charge on any atom is 0.408 e. The van der Waals surface area contributed by atoms with Gasteiger partial charge in [0.25, 0.3) is 0 Å². The summed E-state index contributed by atoms with van der Waals surface area (Å²) in [5.74, 6) is -1.58. The lowest BCUT2D eigenvalue weighted by molar-refractivity contribution is -0.125. The van der Waals surface area contributed by atoms with E-state index >= 15 is 0 Å². The minimum Gasteiger partial charge on any atom is -0.444 e. The number of carbonyl (C=O) groups excluding carboxylic acids is 3. The van der Waals surface area contributed by atoms with Crippen molar-refractivity contribution < 1.29 is 19.1 Å². The summed E-state index contributed by atoms with van der Waals surface area (Å²) in [6.45, 7) is 5.00. The fourth-order valence-electron chi connectivity index (χ4n) is 0.874. The molecule has 0 fully saturated rings. The SMILES string of the molecule is CC(C)(C)OC(=O)N[C@@H](CC(N)=O)C(N)=O. The zero-order valence-electron chi connectivity index (χ0n) is 9.57. The third-order valence-corrected chi connectivity index (χ3v) is 1.44. The molecule has 5 N–H and O–H groups in total. The smallest absolute Gasteiger partial charge is 0.408 e. The van der Waals surface area contributed by atoms with E-state index in [9.17, 15) is 14.4 Å². The van der Waals surface area contributed by atoms with Gasteiger partial charge in [-0.25, -0.2) is 4.79 Å². The van der Waals surface area contributed by atoms with Gasteiger partial charge < -0.3 is 21.5 Å². The van der Waals surface area contributed by atoms with Crippen LogP contribution in [0, 0.1) is 0 Å². The zero-order chi connectivity index (χ0) is 12.9. The number of hydrogen-bond donors (Lipinski definition) is 3. The molecule has 0 unspecified atom stereocenters. The van der Waals surface area contributed by atoms with Crippen LogP contribution in [0.2, 0.25) is 0 Å². The molecule has 7 heteroatoms. The lowest BCUT2D eigenvalue weighted by Gasteiger charge is -2.21. The molecule has 0 aliphatic rings. The van der Waals surface area contributed by atoms with Crippen LogP contribution in [0.3, 0.4) is 0 Å². The lowest BCUT2D eigenvalue weighted by atomic mass is 10.2. The number of rotatable bonds is 4. The molecule has 16 heavy (non-hydrogen) atoms. The Labute approximate surface area is 93.5 Å². The van der Waals surface area contributed by atoms with Gasteiger partial charge in [0.15, 0.2) is 0 Å². The van der Waals surface area contributed by atoms with Gasteiger partial charge in [0.05, 0.1) is 6.42 Å². The summed E-state index contributed by atoms with van der Waals surface area (Å²) in [5.41, 5.74) is 9.18. The zero-order valence-corrected chi connectivity index (χ0v) is 9.57. The fourth-order valence-corrected chi connectivity index (χ4v) is 0.874. The Hall–Kier alpha value is -1.79. The summed E-state index contributed by atoms with van der Waals surface area (Å²) in [5, 5.41) is 2.17. The number of primary amides is 2. The molecule has 1 atom stereocenters. The topological polar surface area (TPSA) is 125 Å². The van der Waals surface area contributed by atoms with Crippen molar-refractivity contribution >= 4 is 17.9 Å². The summed E-state index contributed by atoms with van der Waals surface area (Å²) < 4.78 is 4.89. The fraction of sp³-hybridized carbons (Fsp3) is 0.667. The van der Waals surface area contributed by atoms with Crippen LogP contribution in [0.25, 0.3) is 0 Å². The van der Waals surface area contributed by atoms with Gasteiger partial charge in [0, 0.05) is 0 Å². The highest BCUT2D eigenvalue weighted by Gasteiger charge is 2.23. The standard InChI is InChI=1S/C9H17N3O4/c1-9(2,3)16-8(15)12-5(7(11)14)4-6(10)13/h5H,4H2,1-3H3,(H2,10,13)(H2,11,14)(H,12,15)/t5-/m0/s1. The number of nitrogens with one attached hydrogen (secondary N) is 1. The Bertz CT molecular complexity index is 296. The molecule has 0 bridgehead atoms. The molecule has 0 aliphatic heterocycles. The maximum absolute atomic E-state index is 11.3. The van der Waals surface area contributed by atoms with Crippen molar-refractivity contribution in [3.8, 4) is 0 Å². The van der Waals surface area contributed by atoms with Gasteiger partial charge in [0.1, 0.15) is 11.6 Å². The Morgan fingerprint density at radius 2 is 1.75 bits per heavy atom. The first-order valence-electron chi connectivity index (χ1n) is 4.69. The Morgan fingerprint density at radius 3 is 2.06 bits per heavy atom. The number of nitrogens with two attached hydrogens (primary N) is 2. The molecule has 7 nitrogen and oxygen atoms in total. The van der Waals surface area contributed by atoms with Gasteiger partial charge in [-0.3, -0.25) is 9.59 Å². The Balaban J connectivity index is 4.35. The summed E-state index contributed by atoms with van der Waals surface area (Å²) >= 11 is 0. The largest absolute Gasteiger partial charge is 0.444 e. The number of carbonyl (C=O) groups is 3. The van der Waals surface area contributed by atoms with E-state index in [1.807, 2.05) is 0 Å². The molecule has 0 aromatic heterocycles. The van der Waals surface area contributed by atoms with E-state index in [1.54, 1.807) is 20.8 Å². The normalized spacial score (nSPS) is 12.7. The first-order valence-corrected chi connectivity index (χ1v) is 4.69. The van der Waals surface area contributed by atoms with Crippen LogP contribution in [0.15, 0.2) is 0 Å². The molecule has 0 heterocycles. The van der Waals surface area contributed by atoms with E-state index in [4.69, 9.17) is 16.2 Å². The van der Waals surface area contributed by atoms with Crippen molar-refractivity contribution in [3.63, 3.8) is 0 Å². The highest BCUT2D eigenvalue weighted by Crippen LogP contribution is 2.07. The van der Waals surface area contributed by atoms with Crippen molar-refractivity contribution in [2.24, 2.45) is 11.5 Å². The number of alkyl carbamates (subject to hydrolysis) is 1. The first kappa shape index (κ1) is 14.2. The predicted octanol–water partition coefficient (Wildman–Crippen LogP) is -0.760. The molecule has 0 saturated heterocycles. The van der Waals surface area contributed by atoms with Gasteiger partial charge in [-0.05, 0) is 20.8 Å². The summed E-state index contributed by atoms with van der Waals surface area (Å²) in [4.78, 5) is 32.7.